The van der Waals surface area contributed by atoms with Crippen molar-refractivity contribution < 1.29 is 27.7 Å². The maximum absolute atomic E-state index is 14.2. The Morgan fingerprint density at radius 2 is 1.46 bits per heavy atom. The second kappa shape index (κ2) is 14.4. The smallest absolute Gasteiger partial charge is 0.198 e. The molecule has 0 amide bonds. The number of aliphatic imine (C=N–C) groups is 1. The van der Waals surface area contributed by atoms with Crippen molar-refractivity contribution in [1.82, 2.24) is 0 Å². The van der Waals surface area contributed by atoms with Crippen LogP contribution in [-0.4, -0.2) is 32.3 Å². The van der Waals surface area contributed by atoms with Gasteiger partial charge in [0.25, 0.3) is 0 Å². The van der Waals surface area contributed by atoms with Crippen molar-refractivity contribution in [3.63, 3.8) is 0 Å². The summed E-state index contributed by atoms with van der Waals surface area (Å²) in [5.74, 6) is -0.0395. The lowest BCUT2D eigenvalue weighted by molar-refractivity contribution is 0.275. The summed E-state index contributed by atoms with van der Waals surface area (Å²) in [6.07, 6.45) is 0. The number of ether oxygens (including phenoxy) is 4. The molecule has 1 heterocycles. The van der Waals surface area contributed by atoms with Gasteiger partial charge in [-0.25, -0.2) is 8.78 Å². The van der Waals surface area contributed by atoms with Gasteiger partial charge in [0.05, 0.1) is 44.1 Å². The normalized spacial score (nSPS) is 11.2. The molecule has 0 saturated heterocycles. The summed E-state index contributed by atoms with van der Waals surface area (Å²) in [6.45, 7) is 9.12. The number of nitrogens with two attached hydrogens (primary N) is 1. The first-order chi connectivity index (χ1) is 16.4. The topological polar surface area (TPSA) is 99.1 Å². The third-order valence-corrected chi connectivity index (χ3v) is 5.25. The summed E-state index contributed by atoms with van der Waals surface area (Å²) in [4.78, 5) is 4.01. The second-order valence-electron chi connectivity index (χ2n) is 6.78. The van der Waals surface area contributed by atoms with Crippen molar-refractivity contribution in [2.24, 2.45) is 10.7 Å². The first-order valence-electron chi connectivity index (χ1n) is 10.9. The third kappa shape index (κ3) is 6.75. The van der Waals surface area contributed by atoms with Crippen LogP contribution in [0.1, 0.15) is 57.4 Å². The van der Waals surface area contributed by atoms with Crippen LogP contribution in [0.3, 0.4) is 0 Å². The summed E-state index contributed by atoms with van der Waals surface area (Å²) in [5, 5.41) is 9.32. The van der Waals surface area contributed by atoms with Crippen LogP contribution in [0.15, 0.2) is 17.1 Å². The molecule has 1 aliphatic heterocycles. The number of hydrogen-bond donors (Lipinski definition) is 1. The number of fused-ring (bicyclic) bond motifs is 1. The summed E-state index contributed by atoms with van der Waals surface area (Å²) in [5.41, 5.74) is 7.28. The Morgan fingerprint density at radius 1 is 0.943 bits per heavy atom. The van der Waals surface area contributed by atoms with Gasteiger partial charge in [-0.3, -0.25) is 4.99 Å². The molecule has 0 aromatic heterocycles. The number of alkyl halides is 1. The first kappa shape index (κ1) is 30.0. The number of amidine groups is 1. The lowest BCUT2D eigenvalue weighted by atomic mass is 10.1. The lowest BCUT2D eigenvalue weighted by Gasteiger charge is -2.14. The molecule has 2 N–H and O–H groups in total. The number of benzene rings is 2. The molecule has 0 unspecified atom stereocenters. The van der Waals surface area contributed by atoms with E-state index in [0.29, 0.717) is 60.9 Å². The highest BCUT2D eigenvalue weighted by Gasteiger charge is 2.25. The highest BCUT2D eigenvalue weighted by molar-refractivity contribution is 9.08. The van der Waals surface area contributed by atoms with E-state index in [4.69, 9.17) is 29.9 Å². The lowest BCUT2D eigenvalue weighted by Crippen LogP contribution is -2.14. The van der Waals surface area contributed by atoms with Crippen LogP contribution >= 0.6 is 15.9 Å². The van der Waals surface area contributed by atoms with Gasteiger partial charge >= 0.3 is 0 Å². The molecular weight excluding hydrogens is 524 g/mol. The molecule has 1 aliphatic rings. The molecule has 0 saturated carbocycles. The fourth-order valence-corrected chi connectivity index (χ4v) is 3.72. The molecule has 0 spiro atoms. The van der Waals surface area contributed by atoms with Crippen LogP contribution in [0.5, 0.6) is 23.0 Å². The van der Waals surface area contributed by atoms with Crippen molar-refractivity contribution in [3.8, 4) is 29.1 Å². The quantitative estimate of drug-likeness (QED) is 0.388. The number of rotatable bonds is 9. The van der Waals surface area contributed by atoms with E-state index in [-0.39, 0.29) is 30.3 Å². The van der Waals surface area contributed by atoms with Crippen LogP contribution in [-0.2, 0) is 11.9 Å². The summed E-state index contributed by atoms with van der Waals surface area (Å²) < 4.78 is 49.4. The first-order valence-corrected chi connectivity index (χ1v) is 12.0. The Balaban J connectivity index is 0.000000340. The zero-order valence-electron chi connectivity index (χ0n) is 19.6. The van der Waals surface area contributed by atoms with E-state index in [0.717, 1.165) is 5.56 Å². The minimum Gasteiger partial charge on any atom is -0.490 e. The summed E-state index contributed by atoms with van der Waals surface area (Å²) in [6, 6.07) is 5.22. The molecule has 10 heteroatoms. The van der Waals surface area contributed by atoms with Crippen LogP contribution in [0.4, 0.5) is 8.78 Å². The largest absolute Gasteiger partial charge is 0.490 e. The second-order valence-corrected chi connectivity index (χ2v) is 7.34. The molecule has 0 bridgehead atoms. The number of nitriles is 1. The molecule has 0 atom stereocenters. The molecule has 192 valence electrons. The van der Waals surface area contributed by atoms with E-state index in [9.17, 15) is 8.78 Å². The predicted octanol–water partition coefficient (Wildman–Crippen LogP) is 5.87. The average Bonchev–Trinajstić information content (AvgIpc) is 3.19. The van der Waals surface area contributed by atoms with Crippen molar-refractivity contribution in [2.45, 2.75) is 47.0 Å². The van der Waals surface area contributed by atoms with Crippen molar-refractivity contribution in [1.29, 1.82) is 5.26 Å². The average molecular weight is 556 g/mol. The minimum atomic E-state index is -0.658. The summed E-state index contributed by atoms with van der Waals surface area (Å²) in [7, 11) is 0. The van der Waals surface area contributed by atoms with E-state index in [1.807, 2.05) is 13.0 Å². The van der Waals surface area contributed by atoms with Gasteiger partial charge in [-0.05, 0) is 51.0 Å². The van der Waals surface area contributed by atoms with Gasteiger partial charge < -0.3 is 24.7 Å². The highest BCUT2D eigenvalue weighted by Crippen LogP contribution is 2.37. The van der Waals surface area contributed by atoms with Crippen molar-refractivity contribution in [3.05, 3.63) is 46.0 Å². The van der Waals surface area contributed by atoms with Crippen LogP contribution in [0, 0.1) is 23.0 Å². The molecule has 2 aromatic rings. The Kier molecular flexibility index (Phi) is 12.3. The maximum atomic E-state index is 14.2. The number of hydrogen-bond acceptors (Lipinski definition) is 7. The number of halogens is 3. The molecular formula is C25H32BrF2N3O4. The number of nitrogens with zero attached hydrogens (tertiary/aromatic N) is 2. The van der Waals surface area contributed by atoms with Gasteiger partial charge in [0.2, 0.25) is 0 Å². The molecule has 35 heavy (non-hydrogen) atoms. The Labute approximate surface area is 214 Å². The molecule has 2 aromatic carbocycles. The minimum absolute atomic E-state index is 0. The van der Waals surface area contributed by atoms with Crippen LogP contribution in [0.25, 0.3) is 0 Å². The van der Waals surface area contributed by atoms with E-state index < -0.39 is 11.6 Å². The monoisotopic (exact) mass is 555 g/mol. The maximum Gasteiger partial charge on any atom is 0.198 e. The molecule has 0 radical (unpaired) electrons. The molecule has 3 rings (SSSR count). The fraction of sp³-hybridized carbons (Fsp3) is 0.440. The van der Waals surface area contributed by atoms with E-state index in [1.54, 1.807) is 32.9 Å². The molecule has 0 aliphatic carbocycles. The van der Waals surface area contributed by atoms with E-state index in [2.05, 4.69) is 20.9 Å². The zero-order valence-corrected chi connectivity index (χ0v) is 21.2. The highest BCUT2D eigenvalue weighted by atomic mass is 79.9. The van der Waals surface area contributed by atoms with Crippen LogP contribution < -0.4 is 24.7 Å². The molecule has 7 nitrogen and oxygen atoms in total. The summed E-state index contributed by atoms with van der Waals surface area (Å²) >= 11 is 3.22. The zero-order chi connectivity index (χ0) is 25.3. The van der Waals surface area contributed by atoms with Crippen molar-refractivity contribution in [2.75, 3.05) is 26.4 Å². The van der Waals surface area contributed by atoms with Gasteiger partial charge in [-0.2, -0.15) is 5.26 Å². The Bertz CT molecular complexity index is 1090. The predicted molar refractivity (Wildman–Crippen MR) is 136 cm³/mol. The van der Waals surface area contributed by atoms with Crippen LogP contribution in [0.2, 0.25) is 0 Å². The SMILES string of the molecule is C.CCOc1cc(CBr)c(C#N)c(F)c1OCC.CCOc1cc2c(c(F)c1OCC)C(N)=NC2. The Hall–Kier alpha value is -3.06. The molecule has 0 fully saturated rings. The third-order valence-electron chi connectivity index (χ3n) is 4.65. The van der Waals surface area contributed by atoms with E-state index in [1.165, 1.54) is 0 Å². The fourth-order valence-electron chi connectivity index (χ4n) is 3.28. The van der Waals surface area contributed by atoms with Gasteiger partial charge in [-0.15, -0.1) is 0 Å². The van der Waals surface area contributed by atoms with Gasteiger partial charge in [-0.1, -0.05) is 23.4 Å². The Morgan fingerprint density at radius 3 is 1.94 bits per heavy atom. The standard InChI is InChI=1S/C12H13BrFNO2.C12H15FN2O2.CH4/c1-3-16-10-5-8(6-13)9(7-15)11(14)12(10)17-4-2;1-3-16-8-5-7-6-15-12(14)9(7)10(13)11(8)17-4-2;/h5H,3-4,6H2,1-2H3;5H,3-4,6H2,1-2H3,(H2,14,15);1H4. The van der Waals surface area contributed by atoms with Gasteiger partial charge in [0, 0.05) is 5.33 Å². The van der Waals surface area contributed by atoms with Crippen molar-refractivity contribution >= 4 is 21.8 Å². The van der Waals surface area contributed by atoms with Gasteiger partial charge in [0.15, 0.2) is 34.6 Å². The van der Waals surface area contributed by atoms with E-state index >= 15 is 0 Å². The van der Waals surface area contributed by atoms with Gasteiger partial charge in [0.1, 0.15) is 11.9 Å².